The summed E-state index contributed by atoms with van der Waals surface area (Å²) in [5.41, 5.74) is 1.27. The molecule has 1 atom stereocenters. The predicted molar refractivity (Wildman–Crippen MR) is 88.7 cm³/mol. The van der Waals surface area contributed by atoms with Crippen LogP contribution >= 0.6 is 0 Å². The van der Waals surface area contributed by atoms with Crippen molar-refractivity contribution in [3.05, 3.63) is 29.8 Å². The third-order valence-corrected chi connectivity index (χ3v) is 3.61. The third-order valence-electron chi connectivity index (χ3n) is 3.61. The van der Waals surface area contributed by atoms with Crippen molar-refractivity contribution in [3.63, 3.8) is 0 Å². The second-order valence-corrected chi connectivity index (χ2v) is 6.36. The number of ether oxygens (including phenoxy) is 2. The fraction of sp³-hybridized carbons (Fsp3) is 0.667. The molecule has 0 aromatic heterocycles. The molecule has 0 heterocycles. The Labute approximate surface area is 130 Å². The molecule has 0 saturated carbocycles. The average molecular weight is 293 g/mol. The third kappa shape index (κ3) is 7.49. The Morgan fingerprint density at radius 3 is 2.24 bits per heavy atom. The highest BCUT2D eigenvalue weighted by atomic mass is 16.5. The number of hydrogen-bond acceptors (Lipinski definition) is 3. The maximum Gasteiger partial charge on any atom is 0.119 e. The van der Waals surface area contributed by atoms with E-state index in [0.29, 0.717) is 17.9 Å². The molecule has 0 bridgehead atoms. The zero-order valence-corrected chi connectivity index (χ0v) is 14.2. The van der Waals surface area contributed by atoms with Crippen LogP contribution in [0.2, 0.25) is 0 Å². The van der Waals surface area contributed by atoms with Gasteiger partial charge in [0, 0.05) is 19.7 Å². The van der Waals surface area contributed by atoms with Gasteiger partial charge in [0.05, 0.1) is 13.2 Å². The summed E-state index contributed by atoms with van der Waals surface area (Å²) in [6, 6.07) is 8.75. The standard InChI is InChI=1S/C18H31NO2/c1-14(2)10-11-21-17-8-6-16(7-9-17)12-19-18(13-20-5)15(3)4/h6-9,14-15,18-19H,10-13H2,1-5H3. The van der Waals surface area contributed by atoms with Gasteiger partial charge in [0.25, 0.3) is 0 Å². The first-order chi connectivity index (χ1) is 10.0. The van der Waals surface area contributed by atoms with E-state index in [9.17, 15) is 0 Å². The summed E-state index contributed by atoms with van der Waals surface area (Å²) < 4.78 is 11.0. The van der Waals surface area contributed by atoms with Crippen LogP contribution in [0.25, 0.3) is 0 Å². The number of nitrogens with one attached hydrogen (secondary N) is 1. The van der Waals surface area contributed by atoms with Crippen LogP contribution < -0.4 is 10.1 Å². The van der Waals surface area contributed by atoms with Crippen molar-refractivity contribution < 1.29 is 9.47 Å². The Kier molecular flexibility index (Phi) is 8.40. The molecule has 1 rings (SSSR count). The van der Waals surface area contributed by atoms with Crippen LogP contribution in [0.15, 0.2) is 24.3 Å². The van der Waals surface area contributed by atoms with E-state index in [0.717, 1.165) is 31.9 Å². The van der Waals surface area contributed by atoms with Crippen LogP contribution in [0.1, 0.15) is 39.7 Å². The predicted octanol–water partition coefficient (Wildman–Crippen LogP) is 3.87. The Morgan fingerprint density at radius 1 is 1.05 bits per heavy atom. The topological polar surface area (TPSA) is 30.5 Å². The summed E-state index contributed by atoms with van der Waals surface area (Å²) in [6.45, 7) is 11.2. The number of methoxy groups -OCH3 is 1. The molecule has 0 fully saturated rings. The molecule has 120 valence electrons. The van der Waals surface area contributed by atoms with Gasteiger partial charge in [-0.2, -0.15) is 0 Å². The van der Waals surface area contributed by atoms with E-state index >= 15 is 0 Å². The second-order valence-electron chi connectivity index (χ2n) is 6.36. The average Bonchev–Trinajstić information content (AvgIpc) is 2.44. The molecule has 3 heteroatoms. The van der Waals surface area contributed by atoms with Gasteiger partial charge in [0.15, 0.2) is 0 Å². The van der Waals surface area contributed by atoms with E-state index in [2.05, 4.69) is 57.3 Å². The first-order valence-electron chi connectivity index (χ1n) is 7.97. The molecule has 0 aliphatic heterocycles. The van der Waals surface area contributed by atoms with Crippen LogP contribution in [0.5, 0.6) is 5.75 Å². The summed E-state index contributed by atoms with van der Waals surface area (Å²) >= 11 is 0. The molecular weight excluding hydrogens is 262 g/mol. The van der Waals surface area contributed by atoms with E-state index in [4.69, 9.17) is 9.47 Å². The van der Waals surface area contributed by atoms with Gasteiger partial charge in [0.2, 0.25) is 0 Å². The summed E-state index contributed by atoms with van der Waals surface area (Å²) in [5.74, 6) is 2.20. The van der Waals surface area contributed by atoms with Crippen molar-refractivity contribution in [2.75, 3.05) is 20.3 Å². The highest BCUT2D eigenvalue weighted by molar-refractivity contribution is 5.27. The first-order valence-corrected chi connectivity index (χ1v) is 7.97. The highest BCUT2D eigenvalue weighted by Crippen LogP contribution is 2.14. The smallest absolute Gasteiger partial charge is 0.119 e. The van der Waals surface area contributed by atoms with Crippen molar-refractivity contribution in [1.82, 2.24) is 5.32 Å². The second kappa shape index (κ2) is 9.80. The van der Waals surface area contributed by atoms with E-state index < -0.39 is 0 Å². The quantitative estimate of drug-likeness (QED) is 0.710. The Hall–Kier alpha value is -1.06. The van der Waals surface area contributed by atoms with Crippen LogP contribution in [0, 0.1) is 11.8 Å². The normalized spacial score (nSPS) is 12.9. The largest absolute Gasteiger partial charge is 0.494 e. The minimum atomic E-state index is 0.386. The Morgan fingerprint density at radius 2 is 1.71 bits per heavy atom. The molecule has 3 nitrogen and oxygen atoms in total. The van der Waals surface area contributed by atoms with Gasteiger partial charge in [-0.15, -0.1) is 0 Å². The summed E-state index contributed by atoms with van der Waals surface area (Å²) in [4.78, 5) is 0. The van der Waals surface area contributed by atoms with Gasteiger partial charge in [-0.3, -0.25) is 0 Å². The maximum atomic E-state index is 5.73. The molecule has 1 aromatic rings. The van der Waals surface area contributed by atoms with Gasteiger partial charge >= 0.3 is 0 Å². The molecule has 1 aromatic carbocycles. The lowest BCUT2D eigenvalue weighted by molar-refractivity contribution is 0.146. The van der Waals surface area contributed by atoms with Crippen molar-refractivity contribution in [2.24, 2.45) is 11.8 Å². The molecule has 0 saturated heterocycles. The van der Waals surface area contributed by atoms with Crippen LogP contribution in [0.4, 0.5) is 0 Å². The zero-order valence-electron chi connectivity index (χ0n) is 14.2. The monoisotopic (exact) mass is 293 g/mol. The van der Waals surface area contributed by atoms with Crippen molar-refractivity contribution >= 4 is 0 Å². The molecule has 0 spiro atoms. The van der Waals surface area contributed by atoms with Crippen LogP contribution in [-0.2, 0) is 11.3 Å². The van der Waals surface area contributed by atoms with E-state index in [-0.39, 0.29) is 0 Å². The summed E-state index contributed by atoms with van der Waals surface area (Å²) in [5, 5.41) is 3.55. The molecule has 0 radical (unpaired) electrons. The van der Waals surface area contributed by atoms with Crippen molar-refractivity contribution in [2.45, 2.75) is 46.7 Å². The fourth-order valence-corrected chi connectivity index (χ4v) is 2.03. The molecule has 21 heavy (non-hydrogen) atoms. The number of rotatable bonds is 10. The lowest BCUT2D eigenvalue weighted by atomic mass is 10.0. The van der Waals surface area contributed by atoms with Gasteiger partial charge in [-0.05, 0) is 36.0 Å². The first kappa shape index (κ1) is 18.0. The van der Waals surface area contributed by atoms with Gasteiger partial charge in [-0.1, -0.05) is 39.8 Å². The Bertz CT molecular complexity index is 373. The van der Waals surface area contributed by atoms with E-state index in [1.54, 1.807) is 7.11 Å². The highest BCUT2D eigenvalue weighted by Gasteiger charge is 2.12. The molecule has 0 amide bonds. The lowest BCUT2D eigenvalue weighted by Gasteiger charge is -2.21. The zero-order chi connectivity index (χ0) is 15.7. The van der Waals surface area contributed by atoms with Crippen molar-refractivity contribution in [1.29, 1.82) is 0 Å². The summed E-state index contributed by atoms with van der Waals surface area (Å²) in [6.07, 6.45) is 1.09. The van der Waals surface area contributed by atoms with Crippen LogP contribution in [0.3, 0.4) is 0 Å². The minimum absolute atomic E-state index is 0.386. The maximum absolute atomic E-state index is 5.73. The lowest BCUT2D eigenvalue weighted by Crippen LogP contribution is -2.37. The van der Waals surface area contributed by atoms with E-state index in [1.807, 2.05) is 0 Å². The molecule has 1 unspecified atom stereocenters. The molecule has 1 N–H and O–H groups in total. The molecule has 0 aliphatic rings. The number of hydrogen-bond donors (Lipinski definition) is 1. The minimum Gasteiger partial charge on any atom is -0.494 e. The van der Waals surface area contributed by atoms with Crippen molar-refractivity contribution in [3.8, 4) is 5.75 Å². The van der Waals surface area contributed by atoms with Crippen LogP contribution in [-0.4, -0.2) is 26.4 Å². The molecular formula is C18H31NO2. The summed E-state index contributed by atoms with van der Waals surface area (Å²) in [7, 11) is 1.75. The van der Waals surface area contributed by atoms with Gasteiger partial charge < -0.3 is 14.8 Å². The van der Waals surface area contributed by atoms with Gasteiger partial charge in [0.1, 0.15) is 5.75 Å². The Balaban J connectivity index is 2.39. The number of benzene rings is 1. The molecule has 0 aliphatic carbocycles. The fourth-order valence-electron chi connectivity index (χ4n) is 2.03. The van der Waals surface area contributed by atoms with Gasteiger partial charge in [-0.25, -0.2) is 0 Å². The van der Waals surface area contributed by atoms with E-state index in [1.165, 1.54) is 5.56 Å². The SMILES string of the molecule is COCC(NCc1ccc(OCCC(C)C)cc1)C(C)C.